The SMILES string of the molecule is C[C@@H](CO)NC(=O)Nc1ccccc1OC(F)F. The summed E-state index contributed by atoms with van der Waals surface area (Å²) in [5.74, 6) is -0.126. The highest BCUT2D eigenvalue weighted by Crippen LogP contribution is 2.25. The average molecular weight is 260 g/mol. The van der Waals surface area contributed by atoms with Gasteiger partial charge < -0.3 is 20.5 Å². The van der Waals surface area contributed by atoms with Gasteiger partial charge in [-0.1, -0.05) is 12.1 Å². The molecule has 7 heteroatoms. The van der Waals surface area contributed by atoms with E-state index in [1.165, 1.54) is 18.2 Å². The number of hydrogen-bond acceptors (Lipinski definition) is 3. The topological polar surface area (TPSA) is 70.6 Å². The largest absolute Gasteiger partial charge is 0.433 e. The van der Waals surface area contributed by atoms with Crippen molar-refractivity contribution in [2.75, 3.05) is 11.9 Å². The summed E-state index contributed by atoms with van der Waals surface area (Å²) in [6.07, 6.45) is 0. The van der Waals surface area contributed by atoms with E-state index in [0.717, 1.165) is 0 Å². The number of alkyl halides is 2. The molecule has 0 aliphatic carbocycles. The van der Waals surface area contributed by atoms with Gasteiger partial charge in [0.25, 0.3) is 0 Å². The monoisotopic (exact) mass is 260 g/mol. The predicted octanol–water partition coefficient (Wildman–Crippen LogP) is 1.79. The number of amides is 2. The van der Waals surface area contributed by atoms with Crippen molar-refractivity contribution in [3.05, 3.63) is 24.3 Å². The Morgan fingerprint density at radius 1 is 1.44 bits per heavy atom. The van der Waals surface area contributed by atoms with Crippen LogP contribution in [0.5, 0.6) is 5.75 Å². The molecule has 0 radical (unpaired) electrons. The second-order valence-electron chi connectivity index (χ2n) is 3.56. The minimum atomic E-state index is -2.97. The minimum Gasteiger partial charge on any atom is -0.433 e. The van der Waals surface area contributed by atoms with Gasteiger partial charge in [0.1, 0.15) is 5.75 Å². The number of rotatable bonds is 5. The van der Waals surface area contributed by atoms with E-state index in [-0.39, 0.29) is 18.0 Å². The number of carbonyl (C=O) groups is 1. The molecule has 18 heavy (non-hydrogen) atoms. The van der Waals surface area contributed by atoms with Crippen molar-refractivity contribution in [3.8, 4) is 5.75 Å². The zero-order chi connectivity index (χ0) is 13.5. The number of hydrogen-bond donors (Lipinski definition) is 3. The van der Waals surface area contributed by atoms with Crippen LogP contribution >= 0.6 is 0 Å². The molecule has 1 rings (SSSR count). The van der Waals surface area contributed by atoms with Crippen LogP contribution in [0.2, 0.25) is 0 Å². The molecule has 0 spiro atoms. The van der Waals surface area contributed by atoms with Gasteiger partial charge in [0.2, 0.25) is 0 Å². The van der Waals surface area contributed by atoms with E-state index < -0.39 is 18.7 Å². The zero-order valence-corrected chi connectivity index (χ0v) is 9.69. The van der Waals surface area contributed by atoms with E-state index in [4.69, 9.17) is 5.11 Å². The lowest BCUT2D eigenvalue weighted by Gasteiger charge is -2.14. The Morgan fingerprint density at radius 2 is 2.11 bits per heavy atom. The molecule has 1 aromatic rings. The summed E-state index contributed by atoms with van der Waals surface area (Å²) in [4.78, 5) is 11.4. The van der Waals surface area contributed by atoms with Crippen LogP contribution in [-0.4, -0.2) is 30.4 Å². The Labute approximate surface area is 103 Å². The maximum absolute atomic E-state index is 12.1. The summed E-state index contributed by atoms with van der Waals surface area (Å²) in [5.41, 5.74) is 0.125. The number of nitrogens with one attached hydrogen (secondary N) is 2. The molecular weight excluding hydrogens is 246 g/mol. The molecular formula is C11H14F2N2O3. The fraction of sp³-hybridized carbons (Fsp3) is 0.364. The van der Waals surface area contributed by atoms with Crippen LogP contribution < -0.4 is 15.4 Å². The lowest BCUT2D eigenvalue weighted by molar-refractivity contribution is -0.0493. The Balaban J connectivity index is 2.68. The molecule has 0 saturated carbocycles. The summed E-state index contributed by atoms with van der Waals surface area (Å²) in [7, 11) is 0. The van der Waals surface area contributed by atoms with Crippen molar-refractivity contribution in [1.29, 1.82) is 0 Å². The fourth-order valence-electron chi connectivity index (χ4n) is 1.20. The Morgan fingerprint density at radius 3 is 2.72 bits per heavy atom. The Bertz CT molecular complexity index is 402. The molecule has 0 aliphatic heterocycles. The van der Waals surface area contributed by atoms with Crippen LogP contribution in [0.15, 0.2) is 24.3 Å². The minimum absolute atomic E-state index is 0.125. The van der Waals surface area contributed by atoms with E-state index in [9.17, 15) is 13.6 Å². The highest BCUT2D eigenvalue weighted by Gasteiger charge is 2.12. The van der Waals surface area contributed by atoms with Crippen LogP contribution in [0.1, 0.15) is 6.92 Å². The maximum atomic E-state index is 12.1. The molecule has 0 heterocycles. The molecule has 0 saturated heterocycles. The van der Waals surface area contributed by atoms with Crippen molar-refractivity contribution >= 4 is 11.7 Å². The first-order valence-electron chi connectivity index (χ1n) is 5.25. The third kappa shape index (κ3) is 4.54. The smallest absolute Gasteiger partial charge is 0.387 e. The van der Waals surface area contributed by atoms with E-state index in [1.807, 2.05) is 0 Å². The van der Waals surface area contributed by atoms with Crippen LogP contribution in [0.25, 0.3) is 0 Å². The van der Waals surface area contributed by atoms with Crippen molar-refractivity contribution in [2.24, 2.45) is 0 Å². The fourth-order valence-corrected chi connectivity index (χ4v) is 1.20. The van der Waals surface area contributed by atoms with Gasteiger partial charge in [-0.2, -0.15) is 8.78 Å². The first-order chi connectivity index (χ1) is 8.52. The molecule has 1 aromatic carbocycles. The molecule has 0 aliphatic rings. The first-order valence-corrected chi connectivity index (χ1v) is 5.25. The zero-order valence-electron chi connectivity index (χ0n) is 9.69. The highest BCUT2D eigenvalue weighted by atomic mass is 19.3. The van der Waals surface area contributed by atoms with Crippen LogP contribution in [0, 0.1) is 0 Å². The number of aliphatic hydroxyl groups is 1. The lowest BCUT2D eigenvalue weighted by atomic mass is 10.3. The number of para-hydroxylation sites is 2. The van der Waals surface area contributed by atoms with Gasteiger partial charge in [0.15, 0.2) is 0 Å². The Kier molecular flexibility index (Phi) is 5.31. The summed E-state index contributed by atoms with van der Waals surface area (Å²) in [6, 6.07) is 4.79. The number of halogens is 2. The summed E-state index contributed by atoms with van der Waals surface area (Å²) >= 11 is 0. The molecule has 100 valence electrons. The summed E-state index contributed by atoms with van der Waals surface area (Å²) in [6.45, 7) is -1.59. The second-order valence-corrected chi connectivity index (χ2v) is 3.56. The average Bonchev–Trinajstić information content (AvgIpc) is 2.30. The quantitative estimate of drug-likeness (QED) is 0.756. The predicted molar refractivity (Wildman–Crippen MR) is 61.8 cm³/mol. The second kappa shape index (κ2) is 6.75. The van der Waals surface area contributed by atoms with Gasteiger partial charge in [-0.3, -0.25) is 0 Å². The number of ether oxygens (including phenoxy) is 1. The van der Waals surface area contributed by atoms with Crippen molar-refractivity contribution in [2.45, 2.75) is 19.6 Å². The van der Waals surface area contributed by atoms with E-state index in [2.05, 4.69) is 15.4 Å². The van der Waals surface area contributed by atoms with E-state index in [0.29, 0.717) is 0 Å². The van der Waals surface area contributed by atoms with Crippen molar-refractivity contribution in [1.82, 2.24) is 5.32 Å². The van der Waals surface area contributed by atoms with Gasteiger partial charge in [0, 0.05) is 0 Å². The van der Waals surface area contributed by atoms with E-state index in [1.54, 1.807) is 13.0 Å². The van der Waals surface area contributed by atoms with E-state index >= 15 is 0 Å². The molecule has 0 fully saturated rings. The lowest BCUT2D eigenvalue weighted by Crippen LogP contribution is -2.38. The number of benzene rings is 1. The van der Waals surface area contributed by atoms with Crippen molar-refractivity contribution < 1.29 is 23.4 Å². The normalized spacial score (nSPS) is 12.1. The number of anilines is 1. The third-order valence-electron chi connectivity index (χ3n) is 2.00. The number of carbonyl (C=O) groups excluding carboxylic acids is 1. The van der Waals surface area contributed by atoms with Gasteiger partial charge in [-0.15, -0.1) is 0 Å². The van der Waals surface area contributed by atoms with Gasteiger partial charge in [-0.05, 0) is 19.1 Å². The standard InChI is InChI=1S/C11H14F2N2O3/c1-7(6-16)14-11(17)15-8-4-2-3-5-9(8)18-10(12)13/h2-5,7,10,16H,6H2,1H3,(H2,14,15,17)/t7-/m0/s1. The third-order valence-corrected chi connectivity index (χ3v) is 2.00. The Hall–Kier alpha value is -1.89. The highest BCUT2D eigenvalue weighted by molar-refractivity contribution is 5.91. The van der Waals surface area contributed by atoms with Crippen molar-refractivity contribution in [3.63, 3.8) is 0 Å². The summed E-state index contributed by atoms with van der Waals surface area (Å²) in [5, 5.41) is 13.5. The molecule has 1 atom stereocenters. The van der Waals surface area contributed by atoms with Crippen LogP contribution in [-0.2, 0) is 0 Å². The molecule has 2 amide bonds. The maximum Gasteiger partial charge on any atom is 0.387 e. The molecule has 3 N–H and O–H groups in total. The van der Waals surface area contributed by atoms with Crippen LogP contribution in [0.3, 0.4) is 0 Å². The molecule has 0 unspecified atom stereocenters. The van der Waals surface area contributed by atoms with Gasteiger partial charge >= 0.3 is 12.6 Å². The summed E-state index contributed by atoms with van der Waals surface area (Å²) < 4.78 is 28.5. The molecule has 0 bridgehead atoms. The van der Waals surface area contributed by atoms with Gasteiger partial charge in [-0.25, -0.2) is 4.79 Å². The first kappa shape index (κ1) is 14.2. The van der Waals surface area contributed by atoms with Crippen LogP contribution in [0.4, 0.5) is 19.3 Å². The molecule has 0 aromatic heterocycles. The number of urea groups is 1. The molecule has 5 nitrogen and oxygen atoms in total. The number of aliphatic hydroxyl groups excluding tert-OH is 1. The van der Waals surface area contributed by atoms with Gasteiger partial charge in [0.05, 0.1) is 18.3 Å².